The molecule has 8 heteroatoms. The first-order valence-electron chi connectivity index (χ1n) is 5.35. The molecule has 0 radical (unpaired) electrons. The zero-order valence-electron chi connectivity index (χ0n) is 10.2. The van der Waals surface area contributed by atoms with E-state index in [-0.39, 0.29) is 10.9 Å². The highest BCUT2D eigenvalue weighted by molar-refractivity contribution is 7.92. The van der Waals surface area contributed by atoms with Crippen LogP contribution in [0.25, 0.3) is 0 Å². The predicted octanol–water partition coefficient (Wildman–Crippen LogP) is 0.505. The van der Waals surface area contributed by atoms with Crippen LogP contribution >= 0.6 is 0 Å². The Balaban J connectivity index is 2.34. The van der Waals surface area contributed by atoms with Crippen LogP contribution in [0.1, 0.15) is 5.56 Å². The van der Waals surface area contributed by atoms with Crippen molar-refractivity contribution < 1.29 is 8.42 Å². The van der Waals surface area contributed by atoms with E-state index >= 15 is 0 Å². The number of rotatable bonds is 4. The number of sulfonamides is 1. The molecule has 0 aliphatic carbocycles. The number of hydrogen-bond acceptors (Lipinski definition) is 4. The van der Waals surface area contributed by atoms with Crippen LogP contribution in [0.2, 0.25) is 0 Å². The van der Waals surface area contributed by atoms with E-state index in [1.54, 1.807) is 25.2 Å². The van der Waals surface area contributed by atoms with Crippen molar-refractivity contribution in [3.8, 4) is 0 Å². The predicted molar refractivity (Wildman–Crippen MR) is 71.5 cm³/mol. The SMILES string of the molecule is Cn1nccc1S(=O)(=O)Nc1cccc(C(=N)N)c1. The molecule has 0 spiro atoms. The van der Waals surface area contributed by atoms with Crippen molar-refractivity contribution in [3.63, 3.8) is 0 Å². The van der Waals surface area contributed by atoms with Crippen molar-refractivity contribution in [1.82, 2.24) is 9.78 Å². The molecular weight excluding hydrogens is 266 g/mol. The highest BCUT2D eigenvalue weighted by Crippen LogP contribution is 2.16. The van der Waals surface area contributed by atoms with Crippen LogP contribution in [0.5, 0.6) is 0 Å². The van der Waals surface area contributed by atoms with Crippen LogP contribution in [-0.2, 0) is 17.1 Å². The number of nitrogens with two attached hydrogens (primary N) is 1. The van der Waals surface area contributed by atoms with Gasteiger partial charge in [0.05, 0.1) is 6.20 Å². The van der Waals surface area contributed by atoms with Crippen molar-refractivity contribution in [2.24, 2.45) is 12.8 Å². The summed E-state index contributed by atoms with van der Waals surface area (Å²) in [6.45, 7) is 0. The van der Waals surface area contributed by atoms with Crippen LogP contribution in [-0.4, -0.2) is 24.0 Å². The molecule has 0 bridgehead atoms. The second-order valence-corrected chi connectivity index (χ2v) is 5.52. The summed E-state index contributed by atoms with van der Waals surface area (Å²) in [5, 5.41) is 11.2. The maximum Gasteiger partial charge on any atom is 0.279 e. The minimum atomic E-state index is -3.70. The van der Waals surface area contributed by atoms with E-state index in [1.165, 1.54) is 23.0 Å². The monoisotopic (exact) mass is 279 g/mol. The molecular formula is C11H13N5O2S. The number of amidine groups is 1. The van der Waals surface area contributed by atoms with Crippen LogP contribution in [0.4, 0.5) is 5.69 Å². The summed E-state index contributed by atoms with van der Waals surface area (Å²) >= 11 is 0. The van der Waals surface area contributed by atoms with Gasteiger partial charge in [0.1, 0.15) is 5.84 Å². The van der Waals surface area contributed by atoms with Gasteiger partial charge >= 0.3 is 0 Å². The third-order valence-electron chi connectivity index (χ3n) is 2.48. The number of nitrogens with one attached hydrogen (secondary N) is 2. The van der Waals surface area contributed by atoms with Gasteiger partial charge < -0.3 is 5.73 Å². The molecule has 1 aromatic carbocycles. The van der Waals surface area contributed by atoms with Gasteiger partial charge in [-0.15, -0.1) is 0 Å². The smallest absolute Gasteiger partial charge is 0.279 e. The second-order valence-electron chi connectivity index (χ2n) is 3.89. The Bertz CT molecular complexity index is 720. The number of benzene rings is 1. The first-order chi connectivity index (χ1) is 8.90. The van der Waals surface area contributed by atoms with E-state index in [0.29, 0.717) is 11.3 Å². The Kier molecular flexibility index (Phi) is 3.26. The molecule has 2 rings (SSSR count). The summed E-state index contributed by atoms with van der Waals surface area (Å²) in [5.74, 6) is -0.124. The van der Waals surface area contributed by atoms with Crippen LogP contribution in [0.3, 0.4) is 0 Å². The van der Waals surface area contributed by atoms with E-state index < -0.39 is 10.0 Å². The fourth-order valence-corrected chi connectivity index (χ4v) is 2.76. The lowest BCUT2D eigenvalue weighted by molar-refractivity contribution is 0.582. The molecule has 1 aromatic heterocycles. The lowest BCUT2D eigenvalue weighted by Gasteiger charge is -2.09. The zero-order chi connectivity index (χ0) is 14.0. The molecule has 19 heavy (non-hydrogen) atoms. The highest BCUT2D eigenvalue weighted by Gasteiger charge is 2.18. The number of nitrogen functional groups attached to an aromatic ring is 1. The quantitative estimate of drug-likeness (QED) is 0.558. The van der Waals surface area contributed by atoms with E-state index in [2.05, 4.69) is 9.82 Å². The van der Waals surface area contributed by atoms with Gasteiger partial charge in [-0.05, 0) is 18.2 Å². The van der Waals surface area contributed by atoms with Crippen LogP contribution in [0.15, 0.2) is 41.6 Å². The van der Waals surface area contributed by atoms with Gasteiger partial charge in [-0.3, -0.25) is 14.8 Å². The lowest BCUT2D eigenvalue weighted by atomic mass is 10.2. The minimum absolute atomic E-state index is 0.0562. The minimum Gasteiger partial charge on any atom is -0.384 e. The molecule has 0 amide bonds. The second kappa shape index (κ2) is 4.73. The molecule has 2 aromatic rings. The number of nitrogens with zero attached hydrogens (tertiary/aromatic N) is 2. The molecule has 1 heterocycles. The summed E-state index contributed by atoms with van der Waals surface area (Å²) in [7, 11) is -2.16. The third kappa shape index (κ3) is 2.74. The van der Waals surface area contributed by atoms with Crippen molar-refractivity contribution in [2.75, 3.05) is 4.72 Å². The Morgan fingerprint density at radius 3 is 2.74 bits per heavy atom. The Morgan fingerprint density at radius 1 is 1.42 bits per heavy atom. The maximum atomic E-state index is 12.1. The largest absolute Gasteiger partial charge is 0.384 e. The zero-order valence-corrected chi connectivity index (χ0v) is 11.0. The molecule has 0 atom stereocenters. The van der Waals surface area contributed by atoms with Gasteiger partial charge in [-0.25, -0.2) is 0 Å². The van der Waals surface area contributed by atoms with Crippen molar-refractivity contribution in [1.29, 1.82) is 5.41 Å². The maximum absolute atomic E-state index is 12.1. The first kappa shape index (κ1) is 13.1. The highest BCUT2D eigenvalue weighted by atomic mass is 32.2. The molecule has 0 unspecified atom stereocenters. The molecule has 0 aliphatic rings. The summed E-state index contributed by atoms with van der Waals surface area (Å²) in [5.41, 5.74) is 6.15. The normalized spacial score (nSPS) is 11.2. The molecule has 0 aliphatic heterocycles. The molecule has 0 fully saturated rings. The van der Waals surface area contributed by atoms with Crippen LogP contribution < -0.4 is 10.5 Å². The van der Waals surface area contributed by atoms with Crippen molar-refractivity contribution in [2.45, 2.75) is 5.03 Å². The average molecular weight is 279 g/mol. The number of anilines is 1. The van der Waals surface area contributed by atoms with E-state index in [1.807, 2.05) is 0 Å². The van der Waals surface area contributed by atoms with Gasteiger partial charge in [-0.2, -0.15) is 13.5 Å². The fourth-order valence-electron chi connectivity index (χ4n) is 1.58. The Labute approximate surface area is 110 Å². The Morgan fingerprint density at radius 2 is 2.16 bits per heavy atom. The van der Waals surface area contributed by atoms with E-state index in [0.717, 1.165) is 0 Å². The summed E-state index contributed by atoms with van der Waals surface area (Å²) in [6.07, 6.45) is 1.40. The standard InChI is InChI=1S/C11H13N5O2S/c1-16-10(5-6-14-16)19(17,18)15-9-4-2-3-8(7-9)11(12)13/h2-7,15H,1H3,(H3,12,13). The van der Waals surface area contributed by atoms with Gasteiger partial charge in [0.2, 0.25) is 0 Å². The molecule has 4 N–H and O–H groups in total. The number of aryl methyl sites for hydroxylation is 1. The summed E-state index contributed by atoms with van der Waals surface area (Å²) in [4.78, 5) is 0. The van der Waals surface area contributed by atoms with Gasteiger partial charge in [0.15, 0.2) is 5.03 Å². The summed E-state index contributed by atoms with van der Waals surface area (Å²) in [6, 6.07) is 7.73. The van der Waals surface area contributed by atoms with Crippen molar-refractivity contribution >= 4 is 21.5 Å². The van der Waals surface area contributed by atoms with Crippen LogP contribution in [0, 0.1) is 5.41 Å². The van der Waals surface area contributed by atoms with Crippen molar-refractivity contribution in [3.05, 3.63) is 42.1 Å². The molecule has 7 nitrogen and oxygen atoms in total. The third-order valence-corrected chi connectivity index (χ3v) is 3.93. The average Bonchev–Trinajstić information content (AvgIpc) is 2.76. The van der Waals surface area contributed by atoms with Gasteiger partial charge in [0.25, 0.3) is 10.0 Å². The molecule has 0 saturated carbocycles. The van der Waals surface area contributed by atoms with E-state index in [9.17, 15) is 8.42 Å². The molecule has 0 saturated heterocycles. The number of hydrogen-bond donors (Lipinski definition) is 3. The molecule has 100 valence electrons. The van der Waals surface area contributed by atoms with E-state index in [4.69, 9.17) is 11.1 Å². The lowest BCUT2D eigenvalue weighted by Crippen LogP contribution is -2.17. The van der Waals surface area contributed by atoms with Gasteiger partial charge in [0, 0.05) is 18.3 Å². The Hall–Kier alpha value is -2.35. The first-order valence-corrected chi connectivity index (χ1v) is 6.84. The fraction of sp³-hybridized carbons (Fsp3) is 0.0909. The van der Waals surface area contributed by atoms with Gasteiger partial charge in [-0.1, -0.05) is 12.1 Å². The summed E-state index contributed by atoms with van der Waals surface area (Å²) < 4.78 is 27.9. The topological polar surface area (TPSA) is 114 Å². The number of aromatic nitrogens is 2.